The van der Waals surface area contributed by atoms with Crippen molar-refractivity contribution in [2.45, 2.75) is 32.6 Å². The van der Waals surface area contributed by atoms with Gasteiger partial charge in [-0.2, -0.15) is 0 Å². The standard InChI is InChI=1S/C13H23N5O/c1-2-3-11-12(17-14)15-9-16-13(11)18-6-4-10(8-18)5-7-19/h9-10,19H,2-8,14H2,1H3,(H,15,16,17). The van der Waals surface area contributed by atoms with Crippen molar-refractivity contribution >= 4 is 11.6 Å². The molecule has 0 bridgehead atoms. The van der Waals surface area contributed by atoms with Gasteiger partial charge in [-0.25, -0.2) is 15.8 Å². The number of nitrogen functional groups attached to an aromatic ring is 1. The molecule has 106 valence electrons. The number of rotatable bonds is 6. The molecule has 0 aliphatic carbocycles. The SMILES string of the molecule is CCCc1c(NN)ncnc1N1CCC(CCO)C1. The minimum absolute atomic E-state index is 0.264. The lowest BCUT2D eigenvalue weighted by molar-refractivity contribution is 0.263. The highest BCUT2D eigenvalue weighted by Gasteiger charge is 2.25. The van der Waals surface area contributed by atoms with E-state index >= 15 is 0 Å². The Morgan fingerprint density at radius 3 is 3.05 bits per heavy atom. The minimum atomic E-state index is 0.264. The Morgan fingerprint density at radius 2 is 2.37 bits per heavy atom. The molecule has 1 atom stereocenters. The molecule has 1 saturated heterocycles. The summed E-state index contributed by atoms with van der Waals surface area (Å²) in [5, 5.41) is 9.03. The summed E-state index contributed by atoms with van der Waals surface area (Å²) in [6.45, 7) is 4.34. The van der Waals surface area contributed by atoms with Gasteiger partial charge in [0, 0.05) is 25.3 Å². The van der Waals surface area contributed by atoms with Crippen LogP contribution < -0.4 is 16.2 Å². The molecule has 1 aromatic rings. The van der Waals surface area contributed by atoms with Gasteiger partial charge < -0.3 is 15.4 Å². The number of aliphatic hydroxyl groups is 1. The fourth-order valence-electron chi connectivity index (χ4n) is 2.72. The number of hydrazine groups is 1. The lowest BCUT2D eigenvalue weighted by Gasteiger charge is -2.21. The van der Waals surface area contributed by atoms with Crippen LogP contribution in [-0.2, 0) is 6.42 Å². The number of aliphatic hydroxyl groups excluding tert-OH is 1. The Kier molecular flexibility index (Phi) is 4.93. The Labute approximate surface area is 114 Å². The summed E-state index contributed by atoms with van der Waals surface area (Å²) in [6.07, 6.45) is 5.48. The quantitative estimate of drug-likeness (QED) is 0.524. The third-order valence-electron chi connectivity index (χ3n) is 3.68. The first-order valence-corrected chi connectivity index (χ1v) is 6.96. The molecule has 2 rings (SSSR count). The first-order valence-electron chi connectivity index (χ1n) is 6.96. The van der Waals surface area contributed by atoms with Crippen molar-refractivity contribution < 1.29 is 5.11 Å². The lowest BCUT2D eigenvalue weighted by Crippen LogP contribution is -2.24. The second-order valence-electron chi connectivity index (χ2n) is 5.03. The fraction of sp³-hybridized carbons (Fsp3) is 0.692. The number of anilines is 2. The number of nitrogens with one attached hydrogen (secondary N) is 1. The van der Waals surface area contributed by atoms with Crippen LogP contribution in [-0.4, -0.2) is 34.8 Å². The molecular formula is C13H23N5O. The van der Waals surface area contributed by atoms with Crippen molar-refractivity contribution in [2.24, 2.45) is 11.8 Å². The van der Waals surface area contributed by atoms with Gasteiger partial charge in [-0.05, 0) is 25.2 Å². The van der Waals surface area contributed by atoms with E-state index in [0.717, 1.165) is 56.0 Å². The van der Waals surface area contributed by atoms with Crippen LogP contribution in [0, 0.1) is 5.92 Å². The van der Waals surface area contributed by atoms with Crippen molar-refractivity contribution in [1.29, 1.82) is 0 Å². The Hall–Kier alpha value is -1.40. The number of hydrogen-bond acceptors (Lipinski definition) is 6. The number of aromatic nitrogens is 2. The van der Waals surface area contributed by atoms with E-state index in [1.165, 1.54) is 0 Å². The Bertz CT molecular complexity index is 412. The van der Waals surface area contributed by atoms with E-state index in [9.17, 15) is 0 Å². The average Bonchev–Trinajstić information content (AvgIpc) is 2.88. The van der Waals surface area contributed by atoms with E-state index in [0.29, 0.717) is 5.92 Å². The molecule has 6 heteroatoms. The van der Waals surface area contributed by atoms with Crippen molar-refractivity contribution in [3.05, 3.63) is 11.9 Å². The van der Waals surface area contributed by atoms with Gasteiger partial charge in [0.2, 0.25) is 0 Å². The summed E-state index contributed by atoms with van der Waals surface area (Å²) in [4.78, 5) is 10.9. The predicted octanol–water partition coefficient (Wildman–Crippen LogP) is 0.923. The molecule has 1 fully saturated rings. The molecule has 1 aromatic heterocycles. The average molecular weight is 265 g/mol. The highest BCUT2D eigenvalue weighted by Crippen LogP contribution is 2.29. The predicted molar refractivity (Wildman–Crippen MR) is 75.9 cm³/mol. The van der Waals surface area contributed by atoms with Crippen LogP contribution in [0.4, 0.5) is 11.6 Å². The zero-order valence-electron chi connectivity index (χ0n) is 11.5. The van der Waals surface area contributed by atoms with E-state index in [2.05, 4.69) is 27.2 Å². The van der Waals surface area contributed by atoms with Crippen LogP contribution in [0.3, 0.4) is 0 Å². The first kappa shape index (κ1) is 14.0. The molecule has 1 unspecified atom stereocenters. The van der Waals surface area contributed by atoms with Crippen LogP contribution in [0.25, 0.3) is 0 Å². The Morgan fingerprint density at radius 1 is 1.53 bits per heavy atom. The normalized spacial score (nSPS) is 18.9. The van der Waals surface area contributed by atoms with Gasteiger partial charge in [0.1, 0.15) is 18.0 Å². The lowest BCUT2D eigenvalue weighted by atomic mass is 10.1. The summed E-state index contributed by atoms with van der Waals surface area (Å²) < 4.78 is 0. The summed E-state index contributed by atoms with van der Waals surface area (Å²) in [6, 6.07) is 0. The van der Waals surface area contributed by atoms with Gasteiger partial charge >= 0.3 is 0 Å². The van der Waals surface area contributed by atoms with E-state index in [1.54, 1.807) is 6.33 Å². The van der Waals surface area contributed by atoms with E-state index in [4.69, 9.17) is 10.9 Å². The number of nitrogens with two attached hydrogens (primary N) is 1. The molecule has 1 aliphatic rings. The van der Waals surface area contributed by atoms with Gasteiger partial charge in [-0.3, -0.25) is 0 Å². The monoisotopic (exact) mass is 265 g/mol. The van der Waals surface area contributed by atoms with Crippen LogP contribution >= 0.6 is 0 Å². The van der Waals surface area contributed by atoms with Gasteiger partial charge in [-0.1, -0.05) is 13.3 Å². The highest BCUT2D eigenvalue weighted by atomic mass is 16.3. The van der Waals surface area contributed by atoms with Gasteiger partial charge in [0.25, 0.3) is 0 Å². The highest BCUT2D eigenvalue weighted by molar-refractivity contribution is 5.58. The maximum Gasteiger partial charge on any atom is 0.148 e. The maximum absolute atomic E-state index is 9.03. The minimum Gasteiger partial charge on any atom is -0.396 e. The van der Waals surface area contributed by atoms with E-state index < -0.39 is 0 Å². The molecule has 0 amide bonds. The van der Waals surface area contributed by atoms with Crippen LogP contribution in [0.5, 0.6) is 0 Å². The smallest absolute Gasteiger partial charge is 0.148 e. The molecule has 6 nitrogen and oxygen atoms in total. The number of hydrogen-bond donors (Lipinski definition) is 3. The summed E-state index contributed by atoms with van der Waals surface area (Å²) in [5.41, 5.74) is 3.76. The third-order valence-corrected chi connectivity index (χ3v) is 3.68. The fourth-order valence-corrected chi connectivity index (χ4v) is 2.72. The summed E-state index contributed by atoms with van der Waals surface area (Å²) in [5.74, 6) is 7.80. The first-order chi connectivity index (χ1) is 9.30. The van der Waals surface area contributed by atoms with Gasteiger partial charge in [-0.15, -0.1) is 0 Å². The van der Waals surface area contributed by atoms with Crippen LogP contribution in [0.1, 0.15) is 31.7 Å². The second-order valence-corrected chi connectivity index (χ2v) is 5.03. The summed E-state index contributed by atoms with van der Waals surface area (Å²) >= 11 is 0. The number of nitrogens with zero attached hydrogens (tertiary/aromatic N) is 3. The zero-order valence-corrected chi connectivity index (χ0v) is 11.5. The van der Waals surface area contributed by atoms with Gasteiger partial charge in [0.15, 0.2) is 0 Å². The second kappa shape index (κ2) is 6.68. The molecule has 0 saturated carbocycles. The molecule has 1 aliphatic heterocycles. The largest absolute Gasteiger partial charge is 0.396 e. The van der Waals surface area contributed by atoms with Crippen molar-refractivity contribution in [1.82, 2.24) is 9.97 Å². The molecular weight excluding hydrogens is 242 g/mol. The van der Waals surface area contributed by atoms with Crippen molar-refractivity contribution in [3.8, 4) is 0 Å². The van der Waals surface area contributed by atoms with Crippen LogP contribution in [0.15, 0.2) is 6.33 Å². The van der Waals surface area contributed by atoms with Gasteiger partial charge in [0.05, 0.1) is 0 Å². The maximum atomic E-state index is 9.03. The molecule has 2 heterocycles. The zero-order chi connectivity index (χ0) is 13.7. The van der Waals surface area contributed by atoms with Crippen molar-refractivity contribution in [3.63, 3.8) is 0 Å². The summed E-state index contributed by atoms with van der Waals surface area (Å²) in [7, 11) is 0. The molecule has 0 spiro atoms. The van der Waals surface area contributed by atoms with E-state index in [-0.39, 0.29) is 6.61 Å². The molecule has 0 radical (unpaired) electrons. The Balaban J connectivity index is 2.19. The molecule has 0 aromatic carbocycles. The van der Waals surface area contributed by atoms with Crippen molar-refractivity contribution in [2.75, 3.05) is 30.0 Å². The van der Waals surface area contributed by atoms with Crippen LogP contribution in [0.2, 0.25) is 0 Å². The molecule has 4 N–H and O–H groups in total. The molecule has 19 heavy (non-hydrogen) atoms. The topological polar surface area (TPSA) is 87.3 Å². The third kappa shape index (κ3) is 3.13. The van der Waals surface area contributed by atoms with E-state index in [1.807, 2.05) is 0 Å².